The zero-order chi connectivity index (χ0) is 30.2. The maximum atomic E-state index is 14.7. The number of pyridine rings is 1. The van der Waals surface area contributed by atoms with E-state index in [0.717, 1.165) is 74.4 Å². The number of fused-ring (bicyclic) bond motifs is 1. The molecule has 2 aromatic carbocycles. The molecule has 0 radical (unpaired) electrons. The van der Waals surface area contributed by atoms with Crippen LogP contribution < -0.4 is 4.74 Å². The number of aliphatic hydroxyl groups excluding tert-OH is 1. The van der Waals surface area contributed by atoms with E-state index >= 15 is 0 Å². The van der Waals surface area contributed by atoms with Gasteiger partial charge in [-0.15, -0.1) is 0 Å². The summed E-state index contributed by atoms with van der Waals surface area (Å²) in [5, 5.41) is 19.8. The molecule has 1 saturated carbocycles. The molecule has 9 nitrogen and oxygen atoms in total. The number of likely N-dealkylation sites (tertiary alicyclic amines) is 1. The lowest BCUT2D eigenvalue weighted by Gasteiger charge is -2.32. The maximum absolute atomic E-state index is 14.7. The van der Waals surface area contributed by atoms with Crippen molar-refractivity contribution in [2.75, 3.05) is 19.7 Å². The summed E-state index contributed by atoms with van der Waals surface area (Å²) in [5.74, 6) is 0.611. The fourth-order valence-corrected chi connectivity index (χ4v) is 6.29. The molecular formula is C34H37FN4O5. The lowest BCUT2D eigenvalue weighted by molar-refractivity contribution is -0.0592. The van der Waals surface area contributed by atoms with Gasteiger partial charge in [-0.2, -0.15) is 0 Å². The molecule has 2 aliphatic heterocycles. The Morgan fingerprint density at radius 2 is 1.86 bits per heavy atom. The average molecular weight is 601 g/mol. The van der Waals surface area contributed by atoms with Crippen molar-refractivity contribution in [2.24, 2.45) is 5.92 Å². The van der Waals surface area contributed by atoms with Crippen LogP contribution in [-0.2, 0) is 24.4 Å². The highest BCUT2D eigenvalue weighted by molar-refractivity contribution is 5.92. The van der Waals surface area contributed by atoms with Crippen LogP contribution >= 0.6 is 0 Å². The summed E-state index contributed by atoms with van der Waals surface area (Å²) in [6.45, 7) is 3.93. The van der Waals surface area contributed by atoms with E-state index in [1.165, 1.54) is 6.07 Å². The first-order valence-electron chi connectivity index (χ1n) is 15.5. The molecule has 2 aromatic heterocycles. The topological polar surface area (TPSA) is 110 Å². The number of carboxylic acids is 1. The van der Waals surface area contributed by atoms with Crippen LogP contribution in [0.3, 0.4) is 0 Å². The van der Waals surface area contributed by atoms with Crippen molar-refractivity contribution in [3.05, 3.63) is 88.6 Å². The van der Waals surface area contributed by atoms with Crippen molar-refractivity contribution in [3.63, 3.8) is 0 Å². The Labute approximate surface area is 255 Å². The lowest BCUT2D eigenvalue weighted by atomic mass is 9.93. The van der Waals surface area contributed by atoms with Gasteiger partial charge in [0.1, 0.15) is 18.2 Å². The van der Waals surface area contributed by atoms with Gasteiger partial charge >= 0.3 is 5.97 Å². The molecule has 0 spiro atoms. The molecule has 2 N–H and O–H groups in total. The van der Waals surface area contributed by atoms with Crippen LogP contribution in [0, 0.1) is 11.7 Å². The van der Waals surface area contributed by atoms with Crippen molar-refractivity contribution in [3.8, 4) is 5.88 Å². The van der Waals surface area contributed by atoms with Crippen LogP contribution in [0.15, 0.2) is 54.6 Å². The third-order valence-electron chi connectivity index (χ3n) is 9.23. The fraction of sp³-hybridized carbons (Fsp3) is 0.441. The molecule has 3 aliphatic rings. The van der Waals surface area contributed by atoms with Crippen molar-refractivity contribution < 1.29 is 28.9 Å². The van der Waals surface area contributed by atoms with E-state index in [4.69, 9.17) is 19.4 Å². The van der Waals surface area contributed by atoms with E-state index in [-0.39, 0.29) is 35.9 Å². The average Bonchev–Trinajstić information content (AvgIpc) is 3.81. The zero-order valence-electron chi connectivity index (χ0n) is 24.6. The van der Waals surface area contributed by atoms with Gasteiger partial charge in [-0.1, -0.05) is 18.2 Å². The van der Waals surface area contributed by atoms with Gasteiger partial charge < -0.3 is 24.3 Å². The van der Waals surface area contributed by atoms with E-state index in [0.29, 0.717) is 30.1 Å². The number of rotatable bonds is 11. The number of piperidine rings is 1. The summed E-state index contributed by atoms with van der Waals surface area (Å²) in [5.41, 5.74) is 3.92. The second-order valence-corrected chi connectivity index (χ2v) is 12.3. The van der Waals surface area contributed by atoms with Gasteiger partial charge in [0.2, 0.25) is 5.88 Å². The summed E-state index contributed by atoms with van der Waals surface area (Å²) in [6, 6.07) is 15.8. The van der Waals surface area contributed by atoms with Crippen molar-refractivity contribution >= 4 is 17.0 Å². The Hall–Kier alpha value is -3.86. The minimum Gasteiger partial charge on any atom is -0.478 e. The second-order valence-electron chi connectivity index (χ2n) is 12.3. The van der Waals surface area contributed by atoms with E-state index in [9.17, 15) is 19.4 Å². The van der Waals surface area contributed by atoms with E-state index in [1.807, 2.05) is 12.1 Å². The molecule has 3 fully saturated rings. The van der Waals surface area contributed by atoms with Gasteiger partial charge in [-0.05, 0) is 87.0 Å². The van der Waals surface area contributed by atoms with Crippen molar-refractivity contribution in [1.82, 2.24) is 19.4 Å². The van der Waals surface area contributed by atoms with E-state index in [2.05, 4.69) is 9.47 Å². The van der Waals surface area contributed by atoms with Crippen LogP contribution in [-0.4, -0.2) is 61.4 Å². The first-order chi connectivity index (χ1) is 21.4. The van der Waals surface area contributed by atoms with Crippen LogP contribution in [0.5, 0.6) is 5.88 Å². The van der Waals surface area contributed by atoms with Gasteiger partial charge in [-0.25, -0.2) is 19.2 Å². The SMILES string of the molecule is O=C(O)c1ccc2nc(CN3CCC(c4cccc(OCc5ccc(C(O)C6CC6)cc5F)n4)CC3)n(C[C@@H]3CCO3)c2c1. The van der Waals surface area contributed by atoms with E-state index in [1.54, 1.807) is 36.4 Å². The molecule has 230 valence electrons. The number of imidazole rings is 1. The summed E-state index contributed by atoms with van der Waals surface area (Å²) < 4.78 is 28.4. The van der Waals surface area contributed by atoms with Crippen LogP contribution in [0.1, 0.15) is 77.1 Å². The van der Waals surface area contributed by atoms with Gasteiger partial charge in [0.25, 0.3) is 0 Å². The molecule has 7 rings (SSSR count). The Balaban J connectivity index is 0.977. The molecule has 1 unspecified atom stereocenters. The number of benzene rings is 2. The highest BCUT2D eigenvalue weighted by Gasteiger charge is 2.31. The third-order valence-corrected chi connectivity index (χ3v) is 9.23. The Morgan fingerprint density at radius 3 is 2.57 bits per heavy atom. The molecule has 4 heterocycles. The second kappa shape index (κ2) is 12.3. The molecule has 0 amide bonds. The summed E-state index contributed by atoms with van der Waals surface area (Å²) in [6.07, 6.45) is 4.37. The van der Waals surface area contributed by atoms with Crippen molar-refractivity contribution in [2.45, 2.75) is 69.9 Å². The molecule has 1 aliphatic carbocycles. The van der Waals surface area contributed by atoms with Crippen LogP contribution in [0.25, 0.3) is 11.0 Å². The van der Waals surface area contributed by atoms with Gasteiger partial charge in [0, 0.05) is 29.8 Å². The zero-order valence-corrected chi connectivity index (χ0v) is 24.6. The first kappa shape index (κ1) is 28.9. The number of carboxylic acid groups (broad SMARTS) is 1. The molecular weight excluding hydrogens is 563 g/mol. The maximum Gasteiger partial charge on any atom is 0.335 e. The highest BCUT2D eigenvalue weighted by Crippen LogP contribution is 2.41. The third kappa shape index (κ3) is 6.20. The van der Waals surface area contributed by atoms with Gasteiger partial charge in [0.15, 0.2) is 0 Å². The molecule has 44 heavy (non-hydrogen) atoms. The minimum atomic E-state index is -0.947. The standard InChI is InChI=1S/C34H37FN4O5/c35-27-16-23(33(40)22-4-5-22)6-7-25(27)20-44-32-3-1-2-28(37-32)21-10-13-38(14-11-21)19-31-36-29-9-8-24(34(41)42)17-30(29)39(31)18-26-12-15-43-26/h1-3,6-9,16-17,21-22,26,33,40H,4-5,10-15,18-20H2,(H,41,42)/t26-,33?/m0/s1. The van der Waals surface area contributed by atoms with Gasteiger partial charge in [0.05, 0.1) is 41.9 Å². The lowest BCUT2D eigenvalue weighted by Crippen LogP contribution is -2.35. The minimum absolute atomic E-state index is 0.0708. The monoisotopic (exact) mass is 600 g/mol. The number of hydrogen-bond acceptors (Lipinski definition) is 7. The Bertz CT molecular complexity index is 1660. The van der Waals surface area contributed by atoms with Crippen LogP contribution in [0.4, 0.5) is 4.39 Å². The molecule has 0 bridgehead atoms. The molecule has 2 atom stereocenters. The molecule has 4 aromatic rings. The number of ether oxygens (including phenoxy) is 2. The number of hydrogen-bond donors (Lipinski definition) is 2. The quantitative estimate of drug-likeness (QED) is 0.234. The van der Waals surface area contributed by atoms with Crippen LogP contribution in [0.2, 0.25) is 0 Å². The molecule has 2 saturated heterocycles. The number of carbonyl (C=O) groups is 1. The summed E-state index contributed by atoms with van der Waals surface area (Å²) in [7, 11) is 0. The van der Waals surface area contributed by atoms with Crippen molar-refractivity contribution in [1.29, 1.82) is 0 Å². The Kier molecular flexibility index (Phi) is 8.05. The fourth-order valence-electron chi connectivity index (χ4n) is 6.29. The Morgan fingerprint density at radius 1 is 1.05 bits per heavy atom. The first-order valence-corrected chi connectivity index (χ1v) is 15.5. The normalized spacial score (nSPS) is 20.0. The number of nitrogens with zero attached hydrogens (tertiary/aromatic N) is 4. The molecule has 10 heteroatoms. The summed E-state index contributed by atoms with van der Waals surface area (Å²) >= 11 is 0. The number of aromatic nitrogens is 3. The number of aliphatic hydroxyl groups is 1. The number of halogens is 1. The highest BCUT2D eigenvalue weighted by atomic mass is 19.1. The predicted octanol–water partition coefficient (Wildman–Crippen LogP) is 5.46. The van der Waals surface area contributed by atoms with Gasteiger partial charge in [-0.3, -0.25) is 4.90 Å². The largest absolute Gasteiger partial charge is 0.478 e. The summed E-state index contributed by atoms with van der Waals surface area (Å²) in [4.78, 5) is 23.6. The predicted molar refractivity (Wildman–Crippen MR) is 161 cm³/mol. The van der Waals surface area contributed by atoms with E-state index < -0.39 is 12.1 Å². The number of aromatic carboxylic acids is 1. The smallest absolute Gasteiger partial charge is 0.335 e.